The van der Waals surface area contributed by atoms with Crippen molar-refractivity contribution < 1.29 is 4.79 Å². The highest BCUT2D eigenvalue weighted by molar-refractivity contribution is 7.08. The second kappa shape index (κ2) is 4.38. The Bertz CT molecular complexity index is 608. The minimum absolute atomic E-state index is 0.145. The Morgan fingerprint density at radius 2 is 2.39 bits per heavy atom. The SMILES string of the molecule is Cc1nnsc1C(=O)Nc1ccc2c(c1)CCN2. The third-order valence-corrected chi connectivity index (χ3v) is 3.76. The summed E-state index contributed by atoms with van der Waals surface area (Å²) in [5, 5.41) is 10.0. The highest BCUT2D eigenvalue weighted by Crippen LogP contribution is 2.25. The maximum atomic E-state index is 12.0. The molecule has 3 rings (SSSR count). The van der Waals surface area contributed by atoms with E-state index in [0.29, 0.717) is 10.6 Å². The van der Waals surface area contributed by atoms with Crippen LogP contribution in [0.3, 0.4) is 0 Å². The zero-order valence-corrected chi connectivity index (χ0v) is 10.7. The molecule has 92 valence electrons. The maximum Gasteiger partial charge on any atom is 0.269 e. The van der Waals surface area contributed by atoms with Crippen LogP contribution in [0.25, 0.3) is 0 Å². The molecule has 2 aromatic rings. The van der Waals surface area contributed by atoms with Gasteiger partial charge < -0.3 is 10.6 Å². The maximum absolute atomic E-state index is 12.0. The first-order chi connectivity index (χ1) is 8.74. The average Bonchev–Trinajstić information content (AvgIpc) is 2.96. The lowest BCUT2D eigenvalue weighted by molar-refractivity contribution is 0.103. The molecule has 0 saturated heterocycles. The summed E-state index contributed by atoms with van der Waals surface area (Å²) in [6.45, 7) is 2.75. The summed E-state index contributed by atoms with van der Waals surface area (Å²) in [5.74, 6) is -0.145. The number of amides is 1. The molecule has 2 heterocycles. The number of carbonyl (C=O) groups excluding carboxylic acids is 1. The van der Waals surface area contributed by atoms with E-state index in [0.717, 1.165) is 35.9 Å². The number of aromatic nitrogens is 2. The van der Waals surface area contributed by atoms with Gasteiger partial charge in [0.05, 0.1) is 5.69 Å². The Morgan fingerprint density at radius 1 is 1.50 bits per heavy atom. The third kappa shape index (κ3) is 1.95. The fourth-order valence-electron chi connectivity index (χ4n) is 2.01. The van der Waals surface area contributed by atoms with Gasteiger partial charge in [-0.2, -0.15) is 0 Å². The molecule has 1 aromatic carbocycles. The molecule has 0 saturated carbocycles. The van der Waals surface area contributed by atoms with E-state index >= 15 is 0 Å². The van der Waals surface area contributed by atoms with Gasteiger partial charge in [-0.1, -0.05) is 4.49 Å². The van der Waals surface area contributed by atoms with E-state index in [-0.39, 0.29) is 5.91 Å². The number of carbonyl (C=O) groups is 1. The molecule has 2 N–H and O–H groups in total. The highest BCUT2D eigenvalue weighted by Gasteiger charge is 2.15. The Kier molecular flexibility index (Phi) is 2.71. The lowest BCUT2D eigenvalue weighted by Crippen LogP contribution is -2.11. The number of nitrogens with zero attached hydrogens (tertiary/aromatic N) is 2. The van der Waals surface area contributed by atoms with E-state index in [1.165, 1.54) is 5.56 Å². The molecule has 1 aromatic heterocycles. The van der Waals surface area contributed by atoms with Crippen LogP contribution < -0.4 is 10.6 Å². The van der Waals surface area contributed by atoms with Gasteiger partial charge in [0.15, 0.2) is 0 Å². The van der Waals surface area contributed by atoms with Crippen LogP contribution in [0.15, 0.2) is 18.2 Å². The number of fused-ring (bicyclic) bond motifs is 1. The number of benzene rings is 1. The fourth-order valence-corrected chi connectivity index (χ4v) is 2.56. The van der Waals surface area contributed by atoms with Crippen molar-refractivity contribution in [2.45, 2.75) is 13.3 Å². The van der Waals surface area contributed by atoms with Crippen LogP contribution in [0.5, 0.6) is 0 Å². The Morgan fingerprint density at radius 3 is 3.17 bits per heavy atom. The lowest BCUT2D eigenvalue weighted by Gasteiger charge is -2.06. The Labute approximate surface area is 108 Å². The predicted octanol–water partition coefficient (Wildman–Crippen LogP) is 2.07. The summed E-state index contributed by atoms with van der Waals surface area (Å²) in [6.07, 6.45) is 1.00. The molecule has 0 bridgehead atoms. The minimum Gasteiger partial charge on any atom is -0.384 e. The van der Waals surface area contributed by atoms with Crippen molar-refractivity contribution in [1.82, 2.24) is 9.59 Å². The van der Waals surface area contributed by atoms with Crippen LogP contribution in [0, 0.1) is 6.92 Å². The molecule has 18 heavy (non-hydrogen) atoms. The summed E-state index contributed by atoms with van der Waals surface area (Å²) in [6, 6.07) is 5.91. The molecule has 0 spiro atoms. The molecule has 0 aliphatic carbocycles. The first-order valence-corrected chi connectivity index (χ1v) is 6.48. The van der Waals surface area contributed by atoms with E-state index in [4.69, 9.17) is 0 Å². The molecule has 1 aliphatic heterocycles. The standard InChI is InChI=1S/C12H12N4OS/c1-7-11(18-16-15-7)12(17)14-9-2-3-10-8(6-9)4-5-13-10/h2-3,6,13H,4-5H2,1H3,(H,14,17). The highest BCUT2D eigenvalue weighted by atomic mass is 32.1. The Hall–Kier alpha value is -1.95. The molecule has 1 amide bonds. The van der Waals surface area contributed by atoms with Gasteiger partial charge in [0, 0.05) is 17.9 Å². The molecule has 0 atom stereocenters. The number of nitrogens with one attached hydrogen (secondary N) is 2. The van der Waals surface area contributed by atoms with Crippen LogP contribution in [0.1, 0.15) is 20.9 Å². The zero-order chi connectivity index (χ0) is 12.5. The first-order valence-electron chi connectivity index (χ1n) is 5.71. The van der Waals surface area contributed by atoms with Crippen LogP contribution in [-0.4, -0.2) is 22.0 Å². The van der Waals surface area contributed by atoms with Crippen LogP contribution in [0.4, 0.5) is 11.4 Å². The number of hydrogen-bond acceptors (Lipinski definition) is 5. The van der Waals surface area contributed by atoms with Crippen molar-refractivity contribution >= 4 is 28.8 Å². The van der Waals surface area contributed by atoms with Crippen molar-refractivity contribution in [1.29, 1.82) is 0 Å². The van der Waals surface area contributed by atoms with Gasteiger partial charge in [-0.05, 0) is 48.6 Å². The van der Waals surface area contributed by atoms with Crippen molar-refractivity contribution in [3.63, 3.8) is 0 Å². The van der Waals surface area contributed by atoms with Crippen LogP contribution in [-0.2, 0) is 6.42 Å². The molecular weight excluding hydrogens is 248 g/mol. The summed E-state index contributed by atoms with van der Waals surface area (Å²) in [5.41, 5.74) is 3.88. The van der Waals surface area contributed by atoms with Gasteiger partial charge in [0.1, 0.15) is 4.88 Å². The molecule has 0 unspecified atom stereocenters. The summed E-state index contributed by atoms with van der Waals surface area (Å²) in [7, 11) is 0. The van der Waals surface area contributed by atoms with Crippen LogP contribution in [0.2, 0.25) is 0 Å². The minimum atomic E-state index is -0.145. The number of hydrogen-bond donors (Lipinski definition) is 2. The lowest BCUT2D eigenvalue weighted by atomic mass is 10.1. The largest absolute Gasteiger partial charge is 0.384 e. The normalized spacial score (nSPS) is 12.9. The first kappa shape index (κ1) is 11.2. The van der Waals surface area contributed by atoms with Crippen LogP contribution >= 0.6 is 11.5 Å². The van der Waals surface area contributed by atoms with Crippen molar-refractivity contribution in [2.75, 3.05) is 17.2 Å². The number of rotatable bonds is 2. The molecule has 0 fully saturated rings. The van der Waals surface area contributed by atoms with Crippen molar-refractivity contribution in [2.24, 2.45) is 0 Å². The van der Waals surface area contributed by atoms with Gasteiger partial charge in [0.25, 0.3) is 5.91 Å². The summed E-state index contributed by atoms with van der Waals surface area (Å²) >= 11 is 1.12. The van der Waals surface area contributed by atoms with Gasteiger partial charge >= 0.3 is 0 Å². The number of aryl methyl sites for hydroxylation is 1. The smallest absolute Gasteiger partial charge is 0.269 e. The quantitative estimate of drug-likeness (QED) is 0.867. The second-order valence-corrected chi connectivity index (χ2v) is 4.94. The third-order valence-electron chi connectivity index (χ3n) is 2.93. The topological polar surface area (TPSA) is 66.9 Å². The average molecular weight is 260 g/mol. The zero-order valence-electron chi connectivity index (χ0n) is 9.86. The molecular formula is C12H12N4OS. The molecule has 6 heteroatoms. The van der Waals surface area contributed by atoms with Crippen molar-refractivity contribution in [3.8, 4) is 0 Å². The second-order valence-electron chi connectivity index (χ2n) is 4.19. The van der Waals surface area contributed by atoms with Gasteiger partial charge in [-0.25, -0.2) is 0 Å². The van der Waals surface area contributed by atoms with Crippen molar-refractivity contribution in [3.05, 3.63) is 34.3 Å². The fraction of sp³-hybridized carbons (Fsp3) is 0.250. The van der Waals surface area contributed by atoms with E-state index < -0.39 is 0 Å². The predicted molar refractivity (Wildman–Crippen MR) is 71.2 cm³/mol. The van der Waals surface area contributed by atoms with Gasteiger partial charge in [-0.15, -0.1) is 5.10 Å². The number of anilines is 2. The summed E-state index contributed by atoms with van der Waals surface area (Å²) in [4.78, 5) is 12.6. The Balaban J connectivity index is 1.81. The monoisotopic (exact) mass is 260 g/mol. The van der Waals surface area contributed by atoms with E-state index in [2.05, 4.69) is 20.2 Å². The van der Waals surface area contributed by atoms with E-state index in [1.807, 2.05) is 18.2 Å². The molecule has 1 aliphatic rings. The van der Waals surface area contributed by atoms with Gasteiger partial charge in [0.2, 0.25) is 0 Å². The molecule has 0 radical (unpaired) electrons. The summed E-state index contributed by atoms with van der Waals surface area (Å²) < 4.78 is 3.76. The van der Waals surface area contributed by atoms with E-state index in [9.17, 15) is 4.79 Å². The van der Waals surface area contributed by atoms with E-state index in [1.54, 1.807) is 6.92 Å². The molecule has 5 nitrogen and oxygen atoms in total. The van der Waals surface area contributed by atoms with Gasteiger partial charge in [-0.3, -0.25) is 4.79 Å².